The van der Waals surface area contributed by atoms with Gasteiger partial charge in [-0.05, 0) is 30.5 Å². The van der Waals surface area contributed by atoms with E-state index in [2.05, 4.69) is 59.9 Å². The molecule has 2 atom stereocenters. The van der Waals surface area contributed by atoms with Gasteiger partial charge >= 0.3 is 0 Å². The molecular weight excluding hydrogens is 234 g/mol. The van der Waals surface area contributed by atoms with E-state index in [0.29, 0.717) is 0 Å². The average molecular weight is 253 g/mol. The van der Waals surface area contributed by atoms with E-state index in [1.165, 1.54) is 5.56 Å². The molecule has 2 heteroatoms. The molecule has 0 aromatic heterocycles. The van der Waals surface area contributed by atoms with Crippen LogP contribution in [0.25, 0.3) is 0 Å². The molecule has 0 saturated carbocycles. The monoisotopic (exact) mass is 253 g/mol. The van der Waals surface area contributed by atoms with Crippen LogP contribution in [0.3, 0.4) is 0 Å². The van der Waals surface area contributed by atoms with Crippen LogP contribution in [0.2, 0.25) is 0 Å². The summed E-state index contributed by atoms with van der Waals surface area (Å²) >= 11 is 0. The predicted octanol–water partition coefficient (Wildman–Crippen LogP) is 4.02. The number of rotatable bonds is 4. The smallest absolute Gasteiger partial charge is 0.0818 e. The first kappa shape index (κ1) is 12.2. The Morgan fingerprint density at radius 1 is 0.947 bits per heavy atom. The highest BCUT2D eigenvalue weighted by Gasteiger charge is 2.27. The topological polar surface area (TPSA) is 21.3 Å². The van der Waals surface area contributed by atoms with Crippen molar-refractivity contribution >= 4 is 5.69 Å². The molecule has 1 fully saturated rings. The van der Waals surface area contributed by atoms with Crippen molar-refractivity contribution in [3.63, 3.8) is 0 Å². The van der Waals surface area contributed by atoms with Gasteiger partial charge in [-0.3, -0.25) is 0 Å². The number of benzene rings is 2. The van der Waals surface area contributed by atoms with Crippen LogP contribution in [0.4, 0.5) is 5.69 Å². The summed E-state index contributed by atoms with van der Waals surface area (Å²) in [5.74, 6) is 0. The first-order chi connectivity index (χ1) is 9.43. The zero-order valence-corrected chi connectivity index (χ0v) is 11.0. The Labute approximate surface area is 114 Å². The Kier molecular flexibility index (Phi) is 3.80. The van der Waals surface area contributed by atoms with Crippen molar-refractivity contribution in [2.24, 2.45) is 0 Å². The number of hydrogen-bond donors (Lipinski definition) is 1. The van der Waals surface area contributed by atoms with Crippen LogP contribution in [0.5, 0.6) is 0 Å². The molecule has 3 rings (SSSR count). The zero-order valence-electron chi connectivity index (χ0n) is 11.0. The van der Waals surface area contributed by atoms with Crippen LogP contribution in [0, 0.1) is 0 Å². The van der Waals surface area contributed by atoms with Crippen molar-refractivity contribution in [2.75, 3.05) is 11.9 Å². The Morgan fingerprint density at radius 3 is 2.26 bits per heavy atom. The fourth-order valence-corrected chi connectivity index (χ4v) is 2.63. The minimum Gasteiger partial charge on any atom is -0.376 e. The fourth-order valence-electron chi connectivity index (χ4n) is 2.63. The largest absolute Gasteiger partial charge is 0.376 e. The van der Waals surface area contributed by atoms with Gasteiger partial charge in [-0.2, -0.15) is 0 Å². The average Bonchev–Trinajstić information content (AvgIpc) is 3.01. The van der Waals surface area contributed by atoms with Crippen LogP contribution in [0.1, 0.15) is 24.4 Å². The maximum atomic E-state index is 5.88. The van der Waals surface area contributed by atoms with Gasteiger partial charge in [-0.25, -0.2) is 0 Å². The molecule has 1 heterocycles. The lowest BCUT2D eigenvalue weighted by molar-refractivity contribution is 0.0954. The zero-order chi connectivity index (χ0) is 12.9. The highest BCUT2D eigenvalue weighted by atomic mass is 16.5. The maximum Gasteiger partial charge on any atom is 0.0818 e. The summed E-state index contributed by atoms with van der Waals surface area (Å²) in [6.45, 7) is 0.879. The lowest BCUT2D eigenvalue weighted by Gasteiger charge is -2.25. The van der Waals surface area contributed by atoms with Gasteiger partial charge in [-0.15, -0.1) is 0 Å². The van der Waals surface area contributed by atoms with Crippen LogP contribution in [-0.2, 0) is 4.74 Å². The maximum absolute atomic E-state index is 5.88. The summed E-state index contributed by atoms with van der Waals surface area (Å²) in [7, 11) is 0. The van der Waals surface area contributed by atoms with Gasteiger partial charge in [0.15, 0.2) is 0 Å². The van der Waals surface area contributed by atoms with E-state index in [0.717, 1.165) is 25.1 Å². The number of nitrogens with one attached hydrogen (secondary N) is 1. The van der Waals surface area contributed by atoms with Crippen molar-refractivity contribution in [2.45, 2.75) is 25.0 Å². The minimum atomic E-state index is 0.228. The molecular formula is C17H19NO. The molecule has 1 aliphatic rings. The molecule has 2 aromatic rings. The molecule has 98 valence electrons. The molecule has 2 aromatic carbocycles. The Hall–Kier alpha value is -1.80. The van der Waals surface area contributed by atoms with Gasteiger partial charge in [-0.1, -0.05) is 48.5 Å². The van der Waals surface area contributed by atoms with Crippen LogP contribution in [-0.4, -0.2) is 12.7 Å². The molecule has 0 radical (unpaired) electrons. The lowest BCUT2D eigenvalue weighted by Crippen LogP contribution is -2.25. The van der Waals surface area contributed by atoms with E-state index < -0.39 is 0 Å². The quantitative estimate of drug-likeness (QED) is 0.888. The third-order valence-electron chi connectivity index (χ3n) is 3.59. The third kappa shape index (κ3) is 2.96. The van der Waals surface area contributed by atoms with E-state index in [-0.39, 0.29) is 12.1 Å². The van der Waals surface area contributed by atoms with Gasteiger partial charge in [0, 0.05) is 12.3 Å². The summed E-state index contributed by atoms with van der Waals surface area (Å²) in [6.07, 6.45) is 2.55. The van der Waals surface area contributed by atoms with Gasteiger partial charge in [0.05, 0.1) is 12.1 Å². The van der Waals surface area contributed by atoms with Crippen molar-refractivity contribution in [3.8, 4) is 0 Å². The van der Waals surface area contributed by atoms with Gasteiger partial charge in [0.25, 0.3) is 0 Å². The molecule has 0 bridgehead atoms. The first-order valence-electron chi connectivity index (χ1n) is 6.91. The number of ether oxygens (including phenoxy) is 1. The third-order valence-corrected chi connectivity index (χ3v) is 3.59. The molecule has 19 heavy (non-hydrogen) atoms. The minimum absolute atomic E-state index is 0.228. The standard InChI is InChI=1S/C17H19NO/c1-3-8-14(9-4-1)17(16-12-7-13-19-16)18-15-10-5-2-6-11-15/h1-6,8-11,16-18H,7,12-13H2. The predicted molar refractivity (Wildman–Crippen MR) is 78.2 cm³/mol. The number of anilines is 1. The molecule has 2 unspecified atom stereocenters. The highest BCUT2D eigenvalue weighted by Crippen LogP contribution is 2.30. The van der Waals surface area contributed by atoms with Gasteiger partial charge < -0.3 is 10.1 Å². The molecule has 1 N–H and O–H groups in total. The summed E-state index contributed by atoms with van der Waals surface area (Å²) < 4.78 is 5.88. The highest BCUT2D eigenvalue weighted by molar-refractivity contribution is 5.45. The van der Waals surface area contributed by atoms with Crippen molar-refractivity contribution in [3.05, 3.63) is 66.2 Å². The second kappa shape index (κ2) is 5.89. The first-order valence-corrected chi connectivity index (χ1v) is 6.91. The van der Waals surface area contributed by atoms with Crippen molar-refractivity contribution in [1.29, 1.82) is 0 Å². The summed E-state index contributed by atoms with van der Waals surface area (Å²) in [5, 5.41) is 3.61. The fraction of sp³-hybridized carbons (Fsp3) is 0.294. The summed E-state index contributed by atoms with van der Waals surface area (Å²) in [6, 6.07) is 21.1. The Morgan fingerprint density at radius 2 is 1.63 bits per heavy atom. The summed E-state index contributed by atoms with van der Waals surface area (Å²) in [5.41, 5.74) is 2.44. The second-order valence-electron chi connectivity index (χ2n) is 4.95. The van der Waals surface area contributed by atoms with E-state index >= 15 is 0 Å². The molecule has 0 aliphatic carbocycles. The SMILES string of the molecule is c1ccc(NC(c2ccccc2)C2CCCO2)cc1. The summed E-state index contributed by atoms with van der Waals surface area (Å²) in [4.78, 5) is 0. The Bertz CT molecular complexity index is 491. The Balaban J connectivity index is 1.84. The molecule has 2 nitrogen and oxygen atoms in total. The van der Waals surface area contributed by atoms with Gasteiger partial charge in [0.2, 0.25) is 0 Å². The molecule has 0 amide bonds. The molecule has 0 spiro atoms. The van der Waals surface area contributed by atoms with E-state index in [4.69, 9.17) is 4.74 Å². The number of hydrogen-bond acceptors (Lipinski definition) is 2. The molecule has 1 saturated heterocycles. The number of para-hydroxylation sites is 1. The van der Waals surface area contributed by atoms with Crippen LogP contribution >= 0.6 is 0 Å². The van der Waals surface area contributed by atoms with Crippen molar-refractivity contribution in [1.82, 2.24) is 0 Å². The normalized spacial score (nSPS) is 20.1. The molecule has 1 aliphatic heterocycles. The van der Waals surface area contributed by atoms with Crippen LogP contribution < -0.4 is 5.32 Å². The van der Waals surface area contributed by atoms with Gasteiger partial charge in [0.1, 0.15) is 0 Å². The van der Waals surface area contributed by atoms with Crippen LogP contribution in [0.15, 0.2) is 60.7 Å². The van der Waals surface area contributed by atoms with E-state index in [1.807, 2.05) is 6.07 Å². The second-order valence-corrected chi connectivity index (χ2v) is 4.95. The van der Waals surface area contributed by atoms with Crippen molar-refractivity contribution < 1.29 is 4.74 Å². The van der Waals surface area contributed by atoms with E-state index in [9.17, 15) is 0 Å². The van der Waals surface area contributed by atoms with E-state index in [1.54, 1.807) is 0 Å². The lowest BCUT2D eigenvalue weighted by atomic mass is 9.99.